The third kappa shape index (κ3) is 3.32. The van der Waals surface area contributed by atoms with Crippen LogP contribution in [0, 0.1) is 6.92 Å². The highest BCUT2D eigenvalue weighted by Crippen LogP contribution is 2.44. The highest BCUT2D eigenvalue weighted by Gasteiger charge is 2.38. The zero-order valence-corrected chi connectivity index (χ0v) is 16.8. The fourth-order valence-electron chi connectivity index (χ4n) is 4.44. The number of benzene rings is 2. The second kappa shape index (κ2) is 6.78. The van der Waals surface area contributed by atoms with Crippen molar-refractivity contribution >= 4 is 10.9 Å². The summed E-state index contributed by atoms with van der Waals surface area (Å²) in [4.78, 5) is 9.48. The van der Waals surface area contributed by atoms with Crippen LogP contribution < -0.4 is 0 Å². The third-order valence-electron chi connectivity index (χ3n) is 6.05. The average molecular weight is 380 g/mol. The molecule has 1 fully saturated rings. The van der Waals surface area contributed by atoms with Crippen molar-refractivity contribution in [3.05, 3.63) is 84.2 Å². The number of pyridine rings is 2. The van der Waals surface area contributed by atoms with Gasteiger partial charge in [0.2, 0.25) is 0 Å². The summed E-state index contributed by atoms with van der Waals surface area (Å²) in [6.45, 7) is 3.95. The van der Waals surface area contributed by atoms with E-state index < -0.39 is 5.60 Å². The molecule has 144 valence electrons. The molecule has 0 saturated heterocycles. The molecular weight excluding hydrogens is 356 g/mol. The van der Waals surface area contributed by atoms with Gasteiger partial charge < -0.3 is 5.11 Å². The van der Waals surface area contributed by atoms with Crippen LogP contribution in [0.25, 0.3) is 33.3 Å². The third-order valence-corrected chi connectivity index (χ3v) is 6.05. The van der Waals surface area contributed by atoms with Crippen LogP contribution >= 0.6 is 0 Å². The molecule has 1 N–H and O–H groups in total. The molecule has 0 atom stereocenters. The lowest BCUT2D eigenvalue weighted by atomic mass is 9.69. The number of hydrogen-bond acceptors (Lipinski definition) is 3. The van der Waals surface area contributed by atoms with Crippen LogP contribution in [0.15, 0.2) is 72.9 Å². The molecular formula is C26H24N2O. The summed E-state index contributed by atoms with van der Waals surface area (Å²) in [6.07, 6.45) is 3.49. The van der Waals surface area contributed by atoms with Gasteiger partial charge in [-0.05, 0) is 55.9 Å². The van der Waals surface area contributed by atoms with E-state index in [2.05, 4.69) is 59.6 Å². The quantitative estimate of drug-likeness (QED) is 0.481. The predicted molar refractivity (Wildman–Crippen MR) is 118 cm³/mol. The first-order chi connectivity index (χ1) is 14.0. The number of hydrogen-bond donors (Lipinski definition) is 1. The average Bonchev–Trinajstić information content (AvgIpc) is 2.72. The Balaban J connectivity index is 1.62. The Morgan fingerprint density at radius 3 is 2.34 bits per heavy atom. The maximum Gasteiger partial charge on any atom is 0.0788 e. The van der Waals surface area contributed by atoms with E-state index in [0.29, 0.717) is 5.92 Å². The van der Waals surface area contributed by atoms with E-state index in [1.807, 2.05) is 32.2 Å². The van der Waals surface area contributed by atoms with E-state index >= 15 is 0 Å². The van der Waals surface area contributed by atoms with Crippen LogP contribution in [0.2, 0.25) is 0 Å². The minimum Gasteiger partial charge on any atom is -0.390 e. The molecule has 0 amide bonds. The monoisotopic (exact) mass is 380 g/mol. The minimum absolute atomic E-state index is 0.450. The van der Waals surface area contributed by atoms with E-state index in [9.17, 15) is 5.11 Å². The number of aryl methyl sites for hydroxylation is 1. The predicted octanol–water partition coefficient (Wildman–Crippen LogP) is 5.90. The first kappa shape index (κ1) is 18.0. The molecule has 3 nitrogen and oxygen atoms in total. The van der Waals surface area contributed by atoms with Gasteiger partial charge in [0, 0.05) is 28.4 Å². The normalized spacial score (nSPS) is 21.1. The van der Waals surface area contributed by atoms with Gasteiger partial charge in [-0.1, -0.05) is 54.6 Å². The van der Waals surface area contributed by atoms with Gasteiger partial charge in [-0.2, -0.15) is 0 Å². The topological polar surface area (TPSA) is 46.0 Å². The summed E-state index contributed by atoms with van der Waals surface area (Å²) in [5.74, 6) is 0.450. The summed E-state index contributed by atoms with van der Waals surface area (Å²) in [5, 5.41) is 11.1. The van der Waals surface area contributed by atoms with Crippen molar-refractivity contribution < 1.29 is 5.11 Å². The molecule has 1 aliphatic rings. The number of aromatic nitrogens is 2. The van der Waals surface area contributed by atoms with Crippen molar-refractivity contribution in [1.29, 1.82) is 0 Å². The molecule has 4 aromatic rings. The van der Waals surface area contributed by atoms with E-state index in [1.165, 1.54) is 5.56 Å². The number of rotatable bonds is 3. The van der Waals surface area contributed by atoms with Gasteiger partial charge in [0.1, 0.15) is 0 Å². The number of aliphatic hydroxyl groups is 1. The smallest absolute Gasteiger partial charge is 0.0788 e. The Morgan fingerprint density at radius 2 is 1.66 bits per heavy atom. The first-order valence-corrected chi connectivity index (χ1v) is 10.1. The maximum absolute atomic E-state index is 10.0. The zero-order chi connectivity index (χ0) is 20.0. The van der Waals surface area contributed by atoms with E-state index in [-0.39, 0.29) is 0 Å². The van der Waals surface area contributed by atoms with Crippen molar-refractivity contribution in [1.82, 2.24) is 9.97 Å². The molecule has 2 aromatic heterocycles. The van der Waals surface area contributed by atoms with Gasteiger partial charge in [0.05, 0.1) is 16.8 Å². The van der Waals surface area contributed by atoms with Crippen LogP contribution in [0.4, 0.5) is 0 Å². The van der Waals surface area contributed by atoms with Crippen LogP contribution in [0.3, 0.4) is 0 Å². The zero-order valence-electron chi connectivity index (χ0n) is 16.8. The Morgan fingerprint density at radius 1 is 0.931 bits per heavy atom. The molecule has 2 heterocycles. The highest BCUT2D eigenvalue weighted by atomic mass is 16.3. The molecule has 0 bridgehead atoms. The molecule has 0 spiro atoms. The van der Waals surface area contributed by atoms with Crippen LogP contribution in [0.1, 0.15) is 36.9 Å². The summed E-state index contributed by atoms with van der Waals surface area (Å²) >= 11 is 0. The van der Waals surface area contributed by atoms with Gasteiger partial charge in [0.15, 0.2) is 0 Å². The first-order valence-electron chi connectivity index (χ1n) is 10.1. The lowest BCUT2D eigenvalue weighted by Gasteiger charge is -2.41. The lowest BCUT2D eigenvalue weighted by molar-refractivity contribution is -0.0313. The SMILES string of the molecule is Cc1nccc2nc(-c3ccc(C4CC(C)(O)C4)cc3)c(-c3ccccc3)cc12. The lowest BCUT2D eigenvalue weighted by Crippen LogP contribution is -2.39. The highest BCUT2D eigenvalue weighted by molar-refractivity contribution is 5.92. The summed E-state index contributed by atoms with van der Waals surface area (Å²) in [7, 11) is 0. The molecule has 0 unspecified atom stereocenters. The molecule has 0 aliphatic heterocycles. The molecule has 3 heteroatoms. The van der Waals surface area contributed by atoms with Crippen LogP contribution in [0.5, 0.6) is 0 Å². The Labute approximate surface area is 171 Å². The fraction of sp³-hybridized carbons (Fsp3) is 0.231. The molecule has 1 aliphatic carbocycles. The molecule has 29 heavy (non-hydrogen) atoms. The molecule has 5 rings (SSSR count). The molecule has 1 saturated carbocycles. The second-order valence-electron chi connectivity index (χ2n) is 8.44. The van der Waals surface area contributed by atoms with Crippen molar-refractivity contribution in [2.24, 2.45) is 0 Å². The second-order valence-corrected chi connectivity index (χ2v) is 8.44. The van der Waals surface area contributed by atoms with Crippen molar-refractivity contribution in [2.45, 2.75) is 38.2 Å². The fourth-order valence-corrected chi connectivity index (χ4v) is 4.44. The van der Waals surface area contributed by atoms with Crippen molar-refractivity contribution in [2.75, 3.05) is 0 Å². The van der Waals surface area contributed by atoms with Crippen molar-refractivity contribution in [3.63, 3.8) is 0 Å². The van der Waals surface area contributed by atoms with E-state index in [0.717, 1.165) is 51.8 Å². The van der Waals surface area contributed by atoms with Gasteiger partial charge in [-0.15, -0.1) is 0 Å². The summed E-state index contributed by atoms with van der Waals surface area (Å²) in [5.41, 5.74) is 7.11. The summed E-state index contributed by atoms with van der Waals surface area (Å²) in [6, 6.07) is 23.3. The van der Waals surface area contributed by atoms with Crippen molar-refractivity contribution in [3.8, 4) is 22.4 Å². The molecule has 2 aromatic carbocycles. The van der Waals surface area contributed by atoms with Gasteiger partial charge >= 0.3 is 0 Å². The summed E-state index contributed by atoms with van der Waals surface area (Å²) < 4.78 is 0. The Hall–Kier alpha value is -3.04. The van der Waals surface area contributed by atoms with E-state index in [4.69, 9.17) is 4.98 Å². The van der Waals surface area contributed by atoms with Gasteiger partial charge in [-0.3, -0.25) is 4.98 Å². The largest absolute Gasteiger partial charge is 0.390 e. The van der Waals surface area contributed by atoms with Gasteiger partial charge in [-0.25, -0.2) is 4.98 Å². The number of nitrogens with zero attached hydrogens (tertiary/aromatic N) is 2. The van der Waals surface area contributed by atoms with E-state index in [1.54, 1.807) is 0 Å². The van der Waals surface area contributed by atoms with Crippen LogP contribution in [-0.2, 0) is 0 Å². The minimum atomic E-state index is -0.504. The maximum atomic E-state index is 10.0. The van der Waals surface area contributed by atoms with Crippen LogP contribution in [-0.4, -0.2) is 20.7 Å². The number of fused-ring (bicyclic) bond motifs is 1. The Bertz CT molecular complexity index is 1170. The standard InChI is InChI=1S/C26H24N2O/c1-17-22-14-23(19-6-4-3-5-7-19)25(28-24(22)12-13-27-17)20-10-8-18(9-11-20)21-15-26(2,29)16-21/h3-14,21,29H,15-16H2,1-2H3. The Kier molecular flexibility index (Phi) is 4.21. The van der Waals surface area contributed by atoms with Gasteiger partial charge in [0.25, 0.3) is 0 Å². The molecule has 0 radical (unpaired) electrons.